The van der Waals surface area contributed by atoms with E-state index in [1.807, 2.05) is 0 Å². The van der Waals surface area contributed by atoms with Gasteiger partial charge in [0.25, 0.3) is 5.91 Å². The Morgan fingerprint density at radius 3 is 2.58 bits per heavy atom. The first-order valence-corrected chi connectivity index (χ1v) is 6.24. The fraction of sp³-hybridized carbons (Fsp3) is 0.583. The second-order valence-corrected chi connectivity index (χ2v) is 5.43. The van der Waals surface area contributed by atoms with Crippen LogP contribution in [0.5, 0.6) is 0 Å². The Morgan fingerprint density at radius 1 is 1.47 bits per heavy atom. The number of carbonyl (C=O) groups is 1. The van der Waals surface area contributed by atoms with Crippen LogP contribution < -0.4 is 0 Å². The van der Waals surface area contributed by atoms with Gasteiger partial charge in [0.1, 0.15) is 5.60 Å². The molecule has 1 N–H and O–H groups in total. The number of β-amino-alcohol motifs (C(OH)–C–C–N with tert-alkyl or cyclic N) is 1. The van der Waals surface area contributed by atoms with Gasteiger partial charge in [-0.1, -0.05) is 0 Å². The average molecular weight is 265 g/mol. The van der Waals surface area contributed by atoms with E-state index < -0.39 is 10.5 Å². The van der Waals surface area contributed by atoms with Crippen molar-refractivity contribution in [3.8, 4) is 0 Å². The number of carbonyl (C=O) groups excluding carboxylic acids is 1. The van der Waals surface area contributed by atoms with Gasteiger partial charge < -0.3 is 20.1 Å². The zero-order valence-corrected chi connectivity index (χ0v) is 10.6. The van der Waals surface area contributed by atoms with Gasteiger partial charge in [-0.05, 0) is 29.7 Å². The largest absolute Gasteiger partial charge is 0.386 e. The van der Waals surface area contributed by atoms with Crippen LogP contribution in [0.15, 0.2) is 12.1 Å². The summed E-state index contributed by atoms with van der Waals surface area (Å²) in [6.07, 6.45) is 2.04. The molecule has 1 aromatic rings. The second kappa shape index (κ2) is 3.80. The molecule has 0 unspecified atom stereocenters. The third-order valence-electron chi connectivity index (χ3n) is 4.06. The maximum Gasteiger partial charge on any atom is 0.323 e. The summed E-state index contributed by atoms with van der Waals surface area (Å²) in [7, 11) is 1.50. The van der Waals surface area contributed by atoms with Crippen LogP contribution in [-0.4, -0.2) is 44.1 Å². The van der Waals surface area contributed by atoms with E-state index in [9.17, 15) is 20.0 Å². The number of hydrogen-bond acceptors (Lipinski definition) is 4. The molecule has 0 atom stereocenters. The Labute approximate surface area is 109 Å². The van der Waals surface area contributed by atoms with Crippen LogP contribution in [-0.2, 0) is 7.05 Å². The molecule has 1 saturated carbocycles. The lowest BCUT2D eigenvalue weighted by Gasteiger charge is -2.46. The highest BCUT2D eigenvalue weighted by Gasteiger charge is 2.53. The molecule has 2 aliphatic rings. The Hall–Kier alpha value is -1.89. The highest BCUT2D eigenvalue weighted by atomic mass is 16.6. The van der Waals surface area contributed by atoms with Gasteiger partial charge >= 0.3 is 5.82 Å². The molecule has 1 amide bonds. The molecule has 2 fully saturated rings. The van der Waals surface area contributed by atoms with Crippen molar-refractivity contribution in [2.45, 2.75) is 18.4 Å². The molecular formula is C12H15N3O4. The van der Waals surface area contributed by atoms with Crippen molar-refractivity contribution in [3.05, 3.63) is 27.9 Å². The van der Waals surface area contributed by atoms with Gasteiger partial charge in [-0.15, -0.1) is 0 Å². The lowest BCUT2D eigenvalue weighted by molar-refractivity contribution is -0.391. The van der Waals surface area contributed by atoms with Crippen LogP contribution in [0.25, 0.3) is 0 Å². The maximum absolute atomic E-state index is 12.2. The maximum atomic E-state index is 12.2. The van der Waals surface area contributed by atoms with E-state index in [2.05, 4.69) is 0 Å². The summed E-state index contributed by atoms with van der Waals surface area (Å²) >= 11 is 0. The topological polar surface area (TPSA) is 88.6 Å². The van der Waals surface area contributed by atoms with Crippen LogP contribution in [0.2, 0.25) is 0 Å². The zero-order valence-electron chi connectivity index (χ0n) is 10.6. The van der Waals surface area contributed by atoms with Crippen LogP contribution >= 0.6 is 0 Å². The van der Waals surface area contributed by atoms with E-state index in [1.54, 1.807) is 0 Å². The summed E-state index contributed by atoms with van der Waals surface area (Å²) in [5.74, 6) is -0.0541. The highest BCUT2D eigenvalue weighted by Crippen LogP contribution is 2.44. The molecule has 1 aliphatic heterocycles. The number of aliphatic hydroxyl groups is 1. The van der Waals surface area contributed by atoms with Gasteiger partial charge in [-0.25, -0.2) is 4.57 Å². The lowest BCUT2D eigenvalue weighted by atomic mass is 9.88. The highest BCUT2D eigenvalue weighted by molar-refractivity contribution is 5.94. The number of amides is 1. The molecule has 1 saturated heterocycles. The number of rotatable bonds is 3. The first-order chi connectivity index (χ1) is 8.92. The Kier molecular flexibility index (Phi) is 2.43. The molecule has 2 heterocycles. The van der Waals surface area contributed by atoms with Crippen molar-refractivity contribution in [1.82, 2.24) is 9.47 Å². The van der Waals surface area contributed by atoms with E-state index in [0.29, 0.717) is 19.0 Å². The van der Waals surface area contributed by atoms with Crippen molar-refractivity contribution in [2.24, 2.45) is 13.0 Å². The van der Waals surface area contributed by atoms with Gasteiger partial charge in [-0.3, -0.25) is 4.79 Å². The molecule has 19 heavy (non-hydrogen) atoms. The lowest BCUT2D eigenvalue weighted by Crippen LogP contribution is -2.64. The quantitative estimate of drug-likeness (QED) is 0.637. The van der Waals surface area contributed by atoms with Crippen molar-refractivity contribution in [3.63, 3.8) is 0 Å². The molecule has 0 aromatic carbocycles. The monoisotopic (exact) mass is 265 g/mol. The van der Waals surface area contributed by atoms with Gasteiger partial charge in [-0.2, -0.15) is 0 Å². The Balaban J connectivity index is 1.73. The minimum Gasteiger partial charge on any atom is -0.386 e. The summed E-state index contributed by atoms with van der Waals surface area (Å²) in [6.45, 7) is 0.658. The predicted molar refractivity (Wildman–Crippen MR) is 65.6 cm³/mol. The van der Waals surface area contributed by atoms with Crippen LogP contribution in [0, 0.1) is 16.0 Å². The molecule has 1 aliphatic carbocycles. The second-order valence-electron chi connectivity index (χ2n) is 5.43. The fourth-order valence-electron chi connectivity index (χ4n) is 2.70. The molecule has 7 heteroatoms. The number of hydrogen-bond donors (Lipinski definition) is 1. The van der Waals surface area contributed by atoms with Crippen molar-refractivity contribution < 1.29 is 14.8 Å². The summed E-state index contributed by atoms with van der Waals surface area (Å²) in [5, 5.41) is 20.9. The summed E-state index contributed by atoms with van der Waals surface area (Å²) < 4.78 is 1.27. The summed E-state index contributed by atoms with van der Waals surface area (Å²) in [5.41, 5.74) is -0.447. The predicted octanol–water partition coefficient (Wildman–Crippen LogP) is 0.530. The minimum atomic E-state index is -0.729. The van der Waals surface area contributed by atoms with Gasteiger partial charge in [0.15, 0.2) is 5.69 Å². The molecular weight excluding hydrogens is 250 g/mol. The molecule has 1 aromatic heterocycles. The Morgan fingerprint density at radius 2 is 2.11 bits per heavy atom. The standard InChI is InChI=1S/C12H15N3O4/c1-13-9(4-5-10(13)15(18)19)11(16)14-6-12(17,7-14)8-2-3-8/h4-5,8,17H,2-3,6-7H2,1H3. The number of nitrogens with zero attached hydrogens (tertiary/aromatic N) is 3. The number of nitro groups is 1. The van der Waals surface area contributed by atoms with E-state index >= 15 is 0 Å². The third-order valence-corrected chi connectivity index (χ3v) is 4.06. The van der Waals surface area contributed by atoms with E-state index in [0.717, 1.165) is 12.8 Å². The van der Waals surface area contributed by atoms with Gasteiger partial charge in [0.2, 0.25) is 0 Å². The smallest absolute Gasteiger partial charge is 0.323 e. The van der Waals surface area contributed by atoms with Crippen LogP contribution in [0.3, 0.4) is 0 Å². The molecule has 0 radical (unpaired) electrons. The van der Waals surface area contributed by atoms with Crippen molar-refractivity contribution in [1.29, 1.82) is 0 Å². The molecule has 102 valence electrons. The van der Waals surface area contributed by atoms with Crippen molar-refractivity contribution >= 4 is 11.7 Å². The summed E-state index contributed by atoms with van der Waals surface area (Å²) in [4.78, 5) is 23.9. The van der Waals surface area contributed by atoms with Crippen LogP contribution in [0.4, 0.5) is 5.82 Å². The average Bonchev–Trinajstić information content (AvgIpc) is 3.08. The molecule has 0 bridgehead atoms. The van der Waals surface area contributed by atoms with E-state index in [4.69, 9.17) is 0 Å². The van der Waals surface area contributed by atoms with E-state index in [1.165, 1.54) is 28.6 Å². The molecule has 7 nitrogen and oxygen atoms in total. The minimum absolute atomic E-state index is 0.110. The van der Waals surface area contributed by atoms with Gasteiger partial charge in [0, 0.05) is 6.07 Å². The third kappa shape index (κ3) is 1.81. The van der Waals surface area contributed by atoms with Crippen LogP contribution in [0.1, 0.15) is 23.3 Å². The van der Waals surface area contributed by atoms with Gasteiger partial charge in [0.05, 0.1) is 20.1 Å². The summed E-state index contributed by atoms with van der Waals surface area (Å²) in [6, 6.07) is 2.77. The first-order valence-electron chi connectivity index (χ1n) is 6.24. The Bertz CT molecular complexity index is 555. The van der Waals surface area contributed by atoms with Crippen molar-refractivity contribution in [2.75, 3.05) is 13.1 Å². The first kappa shape index (κ1) is 12.2. The zero-order chi connectivity index (χ0) is 13.8. The molecule has 0 spiro atoms. The normalized spacial score (nSPS) is 21.1. The SMILES string of the molecule is Cn1c(C(=O)N2CC(O)(C3CC3)C2)ccc1[N+](=O)[O-]. The number of aromatic nitrogens is 1. The number of likely N-dealkylation sites (tertiary alicyclic amines) is 1. The fourth-order valence-corrected chi connectivity index (χ4v) is 2.70. The molecule has 3 rings (SSSR count). The van der Waals surface area contributed by atoms with E-state index in [-0.39, 0.29) is 17.4 Å².